The first kappa shape index (κ1) is 15.4. The average molecular weight is 278 g/mol. The van der Waals surface area contributed by atoms with Gasteiger partial charge in [-0.25, -0.2) is 0 Å². The van der Waals surface area contributed by atoms with Crippen molar-refractivity contribution in [2.45, 2.75) is 44.8 Å². The quantitative estimate of drug-likeness (QED) is 0.638. The number of ether oxygens (including phenoxy) is 2. The number of methoxy groups -OCH3 is 1. The van der Waals surface area contributed by atoms with Crippen molar-refractivity contribution in [1.82, 2.24) is 5.43 Å². The van der Waals surface area contributed by atoms with Crippen LogP contribution < -0.4 is 11.3 Å². The topological polar surface area (TPSA) is 56.5 Å². The molecule has 1 unspecified atom stereocenters. The molecule has 1 saturated heterocycles. The van der Waals surface area contributed by atoms with Gasteiger partial charge >= 0.3 is 0 Å². The summed E-state index contributed by atoms with van der Waals surface area (Å²) >= 11 is 0. The van der Waals surface area contributed by atoms with Gasteiger partial charge in [0.2, 0.25) is 0 Å². The van der Waals surface area contributed by atoms with Crippen molar-refractivity contribution >= 4 is 0 Å². The summed E-state index contributed by atoms with van der Waals surface area (Å²) in [7, 11) is 1.77. The van der Waals surface area contributed by atoms with Crippen LogP contribution in [0.2, 0.25) is 0 Å². The molecule has 0 bridgehead atoms. The second-order valence-corrected chi connectivity index (χ2v) is 5.72. The van der Waals surface area contributed by atoms with Crippen LogP contribution in [-0.4, -0.2) is 32.0 Å². The lowest BCUT2D eigenvalue weighted by Crippen LogP contribution is -2.58. The minimum Gasteiger partial charge on any atom is -0.381 e. The standard InChI is InChI=1S/C16H26N2O2/c1-12-4-5-14(10-13(12)2)11-15(18-17)16(19-3)6-8-20-9-7-16/h4-5,10,15,18H,6-9,11,17H2,1-3H3. The molecule has 0 aromatic heterocycles. The van der Waals surface area contributed by atoms with Crippen molar-refractivity contribution in [2.24, 2.45) is 5.84 Å². The van der Waals surface area contributed by atoms with Gasteiger partial charge in [-0.1, -0.05) is 18.2 Å². The molecule has 1 atom stereocenters. The van der Waals surface area contributed by atoms with Gasteiger partial charge in [0.1, 0.15) is 0 Å². The summed E-state index contributed by atoms with van der Waals surface area (Å²) in [6.07, 6.45) is 2.62. The maximum absolute atomic E-state index is 5.84. The summed E-state index contributed by atoms with van der Waals surface area (Å²) in [4.78, 5) is 0. The summed E-state index contributed by atoms with van der Waals surface area (Å²) in [5, 5.41) is 0. The highest BCUT2D eigenvalue weighted by Gasteiger charge is 2.40. The van der Waals surface area contributed by atoms with Gasteiger partial charge in [-0.2, -0.15) is 0 Å². The number of nitrogens with one attached hydrogen (secondary N) is 1. The number of hydrazine groups is 1. The zero-order valence-corrected chi connectivity index (χ0v) is 12.7. The van der Waals surface area contributed by atoms with Gasteiger partial charge in [0.25, 0.3) is 0 Å². The number of rotatable bonds is 5. The summed E-state index contributed by atoms with van der Waals surface area (Å²) in [6.45, 7) is 5.75. The Morgan fingerprint density at radius 3 is 2.55 bits per heavy atom. The molecule has 2 rings (SSSR count). The smallest absolute Gasteiger partial charge is 0.0891 e. The Balaban J connectivity index is 2.16. The van der Waals surface area contributed by atoms with Crippen LogP contribution in [0.1, 0.15) is 29.5 Å². The van der Waals surface area contributed by atoms with Gasteiger partial charge < -0.3 is 9.47 Å². The Labute approximate surface area is 121 Å². The van der Waals surface area contributed by atoms with Crippen LogP contribution in [0.15, 0.2) is 18.2 Å². The second kappa shape index (κ2) is 6.68. The van der Waals surface area contributed by atoms with Crippen LogP contribution in [0, 0.1) is 13.8 Å². The Kier molecular flexibility index (Phi) is 5.16. The Bertz CT molecular complexity index is 442. The number of benzene rings is 1. The molecule has 0 amide bonds. The van der Waals surface area contributed by atoms with Gasteiger partial charge in [0.05, 0.1) is 11.6 Å². The first-order chi connectivity index (χ1) is 9.61. The maximum atomic E-state index is 5.84. The third kappa shape index (κ3) is 3.20. The fourth-order valence-electron chi connectivity index (χ4n) is 2.97. The minimum absolute atomic E-state index is 0.0958. The SMILES string of the molecule is COC1(C(Cc2ccc(C)c(C)c2)NN)CCOCC1. The number of nitrogens with two attached hydrogens (primary N) is 1. The molecular formula is C16H26N2O2. The van der Waals surface area contributed by atoms with E-state index in [9.17, 15) is 0 Å². The minimum atomic E-state index is -0.230. The first-order valence-corrected chi connectivity index (χ1v) is 7.26. The fourth-order valence-corrected chi connectivity index (χ4v) is 2.97. The molecule has 1 aromatic carbocycles. The summed E-state index contributed by atoms with van der Waals surface area (Å²) in [6, 6.07) is 6.68. The van der Waals surface area contributed by atoms with Gasteiger partial charge in [-0.05, 0) is 37.0 Å². The van der Waals surface area contributed by atoms with Gasteiger partial charge in [-0.15, -0.1) is 0 Å². The van der Waals surface area contributed by atoms with Gasteiger partial charge in [0, 0.05) is 33.2 Å². The highest BCUT2D eigenvalue weighted by molar-refractivity contribution is 5.30. The van der Waals surface area contributed by atoms with Gasteiger partial charge in [-0.3, -0.25) is 11.3 Å². The molecule has 1 fully saturated rings. The number of aryl methyl sites for hydroxylation is 2. The van der Waals surface area contributed by atoms with Crippen LogP contribution in [-0.2, 0) is 15.9 Å². The average Bonchev–Trinajstić information content (AvgIpc) is 2.49. The van der Waals surface area contributed by atoms with E-state index in [1.165, 1.54) is 16.7 Å². The first-order valence-electron chi connectivity index (χ1n) is 7.26. The molecule has 4 heteroatoms. The molecule has 0 radical (unpaired) electrons. The van der Waals surface area contributed by atoms with E-state index in [1.807, 2.05) is 0 Å². The van der Waals surface area contributed by atoms with Crippen LogP contribution in [0.25, 0.3) is 0 Å². The predicted molar refractivity (Wildman–Crippen MR) is 80.5 cm³/mol. The van der Waals surface area contributed by atoms with Crippen LogP contribution in [0.5, 0.6) is 0 Å². The molecule has 20 heavy (non-hydrogen) atoms. The van der Waals surface area contributed by atoms with Crippen LogP contribution in [0.4, 0.5) is 0 Å². The molecule has 112 valence electrons. The van der Waals surface area contributed by atoms with E-state index >= 15 is 0 Å². The number of hydrogen-bond acceptors (Lipinski definition) is 4. The van der Waals surface area contributed by atoms with Gasteiger partial charge in [0.15, 0.2) is 0 Å². The normalized spacial score (nSPS) is 19.8. The predicted octanol–water partition coefficient (Wildman–Crippen LogP) is 1.87. The van der Waals surface area contributed by atoms with E-state index < -0.39 is 0 Å². The summed E-state index contributed by atoms with van der Waals surface area (Å²) in [5.41, 5.74) is 6.66. The molecule has 3 N–H and O–H groups in total. The maximum Gasteiger partial charge on any atom is 0.0891 e. The fraction of sp³-hybridized carbons (Fsp3) is 0.625. The lowest BCUT2D eigenvalue weighted by molar-refractivity contribution is -0.110. The Hall–Kier alpha value is -0.940. The van der Waals surface area contributed by atoms with Crippen LogP contribution >= 0.6 is 0 Å². The third-order valence-corrected chi connectivity index (χ3v) is 4.59. The van der Waals surface area contributed by atoms with E-state index in [4.69, 9.17) is 15.3 Å². The molecule has 0 aliphatic carbocycles. The van der Waals surface area contributed by atoms with Crippen LogP contribution in [0.3, 0.4) is 0 Å². The Morgan fingerprint density at radius 1 is 1.30 bits per heavy atom. The highest BCUT2D eigenvalue weighted by Crippen LogP contribution is 2.30. The lowest BCUT2D eigenvalue weighted by Gasteiger charge is -2.42. The van der Waals surface area contributed by atoms with Crippen molar-refractivity contribution in [3.63, 3.8) is 0 Å². The molecule has 1 aromatic rings. The molecule has 1 heterocycles. The Morgan fingerprint density at radius 2 is 2.00 bits per heavy atom. The van der Waals surface area contributed by atoms with Crippen molar-refractivity contribution < 1.29 is 9.47 Å². The van der Waals surface area contributed by atoms with E-state index in [1.54, 1.807) is 7.11 Å². The van der Waals surface area contributed by atoms with Crippen molar-refractivity contribution in [3.8, 4) is 0 Å². The lowest BCUT2D eigenvalue weighted by atomic mass is 9.82. The molecule has 1 aliphatic rings. The van der Waals surface area contributed by atoms with E-state index in [0.29, 0.717) is 0 Å². The van der Waals surface area contributed by atoms with E-state index in [0.717, 1.165) is 32.5 Å². The molecule has 0 spiro atoms. The molecule has 4 nitrogen and oxygen atoms in total. The van der Waals surface area contributed by atoms with E-state index in [-0.39, 0.29) is 11.6 Å². The molecule has 0 saturated carbocycles. The van der Waals surface area contributed by atoms with Crippen molar-refractivity contribution in [3.05, 3.63) is 34.9 Å². The van der Waals surface area contributed by atoms with Crippen molar-refractivity contribution in [2.75, 3.05) is 20.3 Å². The molecule has 1 aliphatic heterocycles. The van der Waals surface area contributed by atoms with Crippen molar-refractivity contribution in [1.29, 1.82) is 0 Å². The van der Waals surface area contributed by atoms with E-state index in [2.05, 4.69) is 37.5 Å². The monoisotopic (exact) mass is 278 g/mol. The zero-order chi connectivity index (χ0) is 14.6. The zero-order valence-electron chi connectivity index (χ0n) is 12.7. The third-order valence-electron chi connectivity index (χ3n) is 4.59. The largest absolute Gasteiger partial charge is 0.381 e. The number of hydrogen-bond donors (Lipinski definition) is 2. The highest BCUT2D eigenvalue weighted by atomic mass is 16.5. The molecular weight excluding hydrogens is 252 g/mol. The summed E-state index contributed by atoms with van der Waals surface area (Å²) < 4.78 is 11.3. The summed E-state index contributed by atoms with van der Waals surface area (Å²) in [5.74, 6) is 5.81. The second-order valence-electron chi connectivity index (χ2n) is 5.72.